The van der Waals surface area contributed by atoms with E-state index < -0.39 is 23.6 Å². The quantitative estimate of drug-likeness (QED) is 0.0246. The van der Waals surface area contributed by atoms with Gasteiger partial charge >= 0.3 is 0 Å². The number of nitrogens with one attached hydrogen (secondary N) is 2. The fourth-order valence-electron chi connectivity index (χ4n) is 8.82. The maximum Gasteiger partial charge on any atom is 0.297 e. The molecule has 0 saturated carbocycles. The predicted octanol–water partition coefficient (Wildman–Crippen LogP) is 2.86. The largest absolute Gasteiger partial charge is 0.494 e. The van der Waals surface area contributed by atoms with Crippen molar-refractivity contribution in [1.29, 1.82) is 0 Å². The van der Waals surface area contributed by atoms with Gasteiger partial charge in [-0.2, -0.15) is 15.2 Å². The average molecular weight is 1210 g/mol. The van der Waals surface area contributed by atoms with E-state index in [1.807, 2.05) is 26.0 Å². The van der Waals surface area contributed by atoms with Gasteiger partial charge in [0.1, 0.15) is 33.9 Å². The Hall–Kier alpha value is -8.45. The first-order chi connectivity index (χ1) is 41.6. The van der Waals surface area contributed by atoms with Crippen molar-refractivity contribution in [1.82, 2.24) is 43.9 Å². The number of nitrogens with two attached hydrogens (primary N) is 2. The number of aryl methyl sites for hydroxylation is 4. The van der Waals surface area contributed by atoms with Crippen molar-refractivity contribution in [2.75, 3.05) is 111 Å². The highest BCUT2D eigenvalue weighted by Crippen LogP contribution is 2.33. The molecule has 0 saturated heterocycles. The number of methoxy groups -OCH3 is 1. The molecular formula is C57H73N13O15S. The van der Waals surface area contributed by atoms with Crippen LogP contribution in [0.15, 0.2) is 65.7 Å². The van der Waals surface area contributed by atoms with Gasteiger partial charge < -0.3 is 63.8 Å². The Kier molecular flexibility index (Phi) is 24.8. The van der Waals surface area contributed by atoms with Gasteiger partial charge in [-0.25, -0.2) is 4.98 Å². The van der Waals surface area contributed by atoms with Crippen molar-refractivity contribution >= 4 is 79.9 Å². The molecule has 462 valence electrons. The van der Waals surface area contributed by atoms with Gasteiger partial charge in [0, 0.05) is 62.4 Å². The first-order valence-corrected chi connectivity index (χ1v) is 28.8. The zero-order valence-electron chi connectivity index (χ0n) is 48.8. The van der Waals surface area contributed by atoms with E-state index in [1.54, 1.807) is 50.5 Å². The van der Waals surface area contributed by atoms with Crippen LogP contribution in [0.3, 0.4) is 0 Å². The monoisotopic (exact) mass is 1210 g/mol. The summed E-state index contributed by atoms with van der Waals surface area (Å²) in [5.74, 6) is -2.59. The second-order valence-corrected chi connectivity index (χ2v) is 20.1. The smallest absolute Gasteiger partial charge is 0.297 e. The molecule has 86 heavy (non-hydrogen) atoms. The third-order valence-electron chi connectivity index (χ3n) is 13.0. The minimum absolute atomic E-state index is 0.0984. The van der Waals surface area contributed by atoms with Gasteiger partial charge in [0.2, 0.25) is 23.7 Å². The first kappa shape index (κ1) is 65.1. The summed E-state index contributed by atoms with van der Waals surface area (Å²) in [4.78, 5) is 99.2. The maximum absolute atomic E-state index is 13.9. The van der Waals surface area contributed by atoms with E-state index in [9.17, 15) is 33.6 Å². The number of hydrogen-bond acceptors (Lipinski definition) is 19. The predicted molar refractivity (Wildman–Crippen MR) is 314 cm³/mol. The number of nitrogens with zero attached hydrogens (tertiary/aromatic N) is 9. The molecular weight excluding hydrogens is 1140 g/mol. The molecule has 6 N–H and O–H groups in total. The number of primary amides is 2. The Labute approximate surface area is 498 Å². The van der Waals surface area contributed by atoms with E-state index in [4.69, 9.17) is 54.3 Å². The number of amides is 7. The summed E-state index contributed by atoms with van der Waals surface area (Å²) in [6, 6.07) is 9.50. The topological polar surface area (TPSA) is 343 Å². The number of carbonyl (C=O) groups excluding carboxylic acids is 7. The lowest BCUT2D eigenvalue weighted by atomic mass is 10.1. The zero-order valence-corrected chi connectivity index (χ0v) is 49.7. The van der Waals surface area contributed by atoms with Gasteiger partial charge in [0.05, 0.1) is 121 Å². The molecule has 1 aliphatic heterocycles. The summed E-state index contributed by atoms with van der Waals surface area (Å²) in [6.45, 7) is 13.0. The highest BCUT2D eigenvalue weighted by atomic mass is 32.1. The fraction of sp³-hybridized carbons (Fsp3) is 0.456. The summed E-state index contributed by atoms with van der Waals surface area (Å²) in [7, 11) is 1.46. The molecule has 4 aromatic heterocycles. The van der Waals surface area contributed by atoms with Crippen molar-refractivity contribution in [2.24, 2.45) is 16.5 Å². The molecule has 7 rings (SSSR count). The number of allylic oxidation sites excluding steroid dienone is 2. The Morgan fingerprint density at radius 3 is 1.77 bits per heavy atom. The van der Waals surface area contributed by atoms with Crippen LogP contribution in [0, 0.1) is 13.8 Å². The van der Waals surface area contributed by atoms with Crippen LogP contribution in [0.25, 0.3) is 21.3 Å². The molecule has 7 amide bonds. The Morgan fingerprint density at radius 1 is 0.651 bits per heavy atom. The number of imidazole rings is 1. The van der Waals surface area contributed by atoms with E-state index in [1.165, 1.54) is 48.8 Å². The number of fused-ring (bicyclic) bond motifs is 2. The second kappa shape index (κ2) is 32.7. The lowest BCUT2D eigenvalue weighted by Gasteiger charge is -2.13. The Bertz CT molecular complexity index is 3490. The number of imide groups is 1. The summed E-state index contributed by atoms with van der Waals surface area (Å²) >= 11 is 1.18. The summed E-state index contributed by atoms with van der Waals surface area (Å²) in [5.41, 5.74) is 15.0. The van der Waals surface area contributed by atoms with Crippen LogP contribution in [-0.4, -0.2) is 186 Å². The van der Waals surface area contributed by atoms with Crippen molar-refractivity contribution in [3.8, 4) is 11.5 Å². The molecule has 5 heterocycles. The minimum Gasteiger partial charge on any atom is -0.494 e. The van der Waals surface area contributed by atoms with Crippen LogP contribution in [0.1, 0.15) is 79.8 Å². The third-order valence-corrected chi connectivity index (χ3v) is 14.0. The van der Waals surface area contributed by atoms with Crippen LogP contribution < -0.4 is 36.4 Å². The minimum atomic E-state index is -0.732. The molecule has 28 nitrogen and oxygen atoms in total. The van der Waals surface area contributed by atoms with Gasteiger partial charge in [-0.1, -0.05) is 23.5 Å². The van der Waals surface area contributed by atoms with Gasteiger partial charge in [0.25, 0.3) is 23.6 Å². The van der Waals surface area contributed by atoms with E-state index in [0.29, 0.717) is 134 Å². The highest BCUT2D eigenvalue weighted by Gasteiger charge is 2.24. The van der Waals surface area contributed by atoms with Crippen LogP contribution in [0.5, 0.6) is 11.5 Å². The number of benzene rings is 2. The lowest BCUT2D eigenvalue weighted by molar-refractivity contribution is -0.137. The molecule has 0 radical (unpaired) electrons. The average Bonchev–Trinajstić information content (AvgIpc) is 1.78. The van der Waals surface area contributed by atoms with Crippen LogP contribution in [0.4, 0.5) is 5.95 Å². The van der Waals surface area contributed by atoms with Crippen molar-refractivity contribution in [3.05, 3.63) is 99.4 Å². The summed E-state index contributed by atoms with van der Waals surface area (Å²) < 4.78 is 52.3. The van der Waals surface area contributed by atoms with Gasteiger partial charge in [0.15, 0.2) is 4.80 Å². The first-order valence-electron chi connectivity index (χ1n) is 28.0. The lowest BCUT2D eigenvalue weighted by Crippen LogP contribution is -2.33. The molecule has 2 aromatic carbocycles. The van der Waals surface area contributed by atoms with E-state index >= 15 is 0 Å². The number of hydrogen-bond donors (Lipinski definition) is 4. The molecule has 6 aromatic rings. The number of anilines is 1. The standard InChI is InChI=1S/C57H73N13O15S/c1-6-69-42(31-37(3)64-69)54(76)62-56-61-41-33-39(52(58)74)35-45(85-18-10-14-60-47(71)13-19-79-21-23-81-25-27-83-29-30-84-28-26-82-24-22-80-20-17-66-48(72)11-12-49(66)73)50(41)67(56)15-8-9-16-68-51-44(78-5)34-40(53(59)75)36-46(51)86-57(68)63-55(77)43-32-38(4)65-70(43)7-2/h8-9,11-12,31-36H,6-7,10,13-30H2,1-5H3,(H2,58,74)(H2,59,75)(H,60,71)(H,61,62,76)/b9-8+,63-57-. The SMILES string of the molecule is CCn1nc(C)cc1C(=O)/N=c1\sc2cc(C(N)=O)cc(OC)c2n1C/C=C/Cn1c(NC(=O)c2cc(C)nn2CC)nc2cc(C(N)=O)cc(OCCCNC(=O)CCOCCOCCOCCOCCOCCOCCN3C(=O)C=CC3=O)c21. The Balaban J connectivity index is 0.901. The van der Waals surface area contributed by atoms with Gasteiger partial charge in [-0.15, -0.1) is 0 Å². The van der Waals surface area contributed by atoms with Gasteiger partial charge in [-0.3, -0.25) is 53.1 Å². The summed E-state index contributed by atoms with van der Waals surface area (Å²) in [6.07, 6.45) is 6.63. The number of ether oxygens (including phenoxy) is 8. The van der Waals surface area contributed by atoms with E-state index in [0.717, 1.165) is 4.90 Å². The van der Waals surface area contributed by atoms with Crippen molar-refractivity contribution < 1.29 is 71.5 Å². The van der Waals surface area contributed by atoms with Crippen molar-refractivity contribution in [2.45, 2.75) is 66.7 Å². The number of rotatable bonds is 38. The summed E-state index contributed by atoms with van der Waals surface area (Å²) in [5, 5.41) is 14.6. The molecule has 29 heteroatoms. The third kappa shape index (κ3) is 18.0. The fourth-order valence-corrected chi connectivity index (χ4v) is 9.92. The van der Waals surface area contributed by atoms with E-state index in [2.05, 4.69) is 25.8 Å². The highest BCUT2D eigenvalue weighted by molar-refractivity contribution is 7.16. The molecule has 0 bridgehead atoms. The Morgan fingerprint density at radius 2 is 1.19 bits per heavy atom. The number of thiazole rings is 1. The molecule has 0 atom stereocenters. The molecule has 0 unspecified atom stereocenters. The van der Waals surface area contributed by atoms with Crippen LogP contribution >= 0.6 is 11.3 Å². The number of carbonyl (C=O) groups is 7. The number of aromatic nitrogens is 7. The zero-order chi connectivity index (χ0) is 61.5. The van der Waals surface area contributed by atoms with Crippen molar-refractivity contribution in [3.63, 3.8) is 0 Å². The molecule has 1 aliphatic rings. The maximum atomic E-state index is 13.9. The second-order valence-electron chi connectivity index (χ2n) is 19.1. The molecule has 0 fully saturated rings. The molecule has 0 aliphatic carbocycles. The van der Waals surface area contributed by atoms with Crippen LogP contribution in [0.2, 0.25) is 0 Å². The van der Waals surface area contributed by atoms with E-state index in [-0.39, 0.29) is 99.6 Å². The normalized spacial score (nSPS) is 12.7. The van der Waals surface area contributed by atoms with Gasteiger partial charge in [-0.05, 0) is 70.5 Å². The van der Waals surface area contributed by atoms with Crippen LogP contribution in [-0.2, 0) is 69.0 Å². The molecule has 0 spiro atoms.